The van der Waals surface area contributed by atoms with Gasteiger partial charge in [0.2, 0.25) is 6.08 Å². The minimum absolute atomic E-state index is 0.0258. The average molecular weight is 240 g/mol. The fourth-order valence-corrected chi connectivity index (χ4v) is 2.04. The van der Waals surface area contributed by atoms with Gasteiger partial charge in [-0.05, 0) is 18.9 Å². The summed E-state index contributed by atoms with van der Waals surface area (Å²) in [5, 5.41) is 9.90. The molecule has 1 aliphatic carbocycles. The summed E-state index contributed by atoms with van der Waals surface area (Å²) >= 11 is 6.01. The van der Waals surface area contributed by atoms with Crippen molar-refractivity contribution in [1.82, 2.24) is 0 Å². The van der Waals surface area contributed by atoms with Gasteiger partial charge in [-0.2, -0.15) is 4.99 Å². The highest BCUT2D eigenvalue weighted by atomic mass is 35.5. The molecule has 1 fully saturated rings. The van der Waals surface area contributed by atoms with Gasteiger partial charge < -0.3 is 9.84 Å². The summed E-state index contributed by atoms with van der Waals surface area (Å²) in [7, 11) is 1.45. The monoisotopic (exact) mass is 239 g/mol. The Bertz CT molecular complexity index is 476. The van der Waals surface area contributed by atoms with Crippen LogP contribution in [0.4, 0.5) is 0 Å². The van der Waals surface area contributed by atoms with Crippen LogP contribution in [-0.2, 0) is 10.3 Å². The minimum atomic E-state index is -0.556. The third-order valence-corrected chi connectivity index (χ3v) is 3.07. The van der Waals surface area contributed by atoms with E-state index in [1.807, 2.05) is 0 Å². The number of phenols is 1. The number of ether oxygens (including phenoxy) is 1. The van der Waals surface area contributed by atoms with Crippen LogP contribution in [0, 0.1) is 0 Å². The quantitative estimate of drug-likeness (QED) is 0.651. The van der Waals surface area contributed by atoms with Crippen molar-refractivity contribution in [2.45, 2.75) is 18.4 Å². The predicted octanol–water partition coefficient (Wildman–Crippen LogP) is 2.38. The van der Waals surface area contributed by atoms with Crippen LogP contribution in [0.3, 0.4) is 0 Å². The molecule has 16 heavy (non-hydrogen) atoms. The lowest BCUT2D eigenvalue weighted by molar-refractivity contribution is 0.372. The van der Waals surface area contributed by atoms with Gasteiger partial charge >= 0.3 is 0 Å². The number of aromatic hydroxyl groups is 1. The van der Waals surface area contributed by atoms with Gasteiger partial charge in [-0.3, -0.25) is 0 Å². The van der Waals surface area contributed by atoms with E-state index in [4.69, 9.17) is 16.3 Å². The SMILES string of the molecule is COc1cc(C2(N=C=O)CC2)c(Cl)cc1O. The van der Waals surface area contributed by atoms with Crippen LogP contribution in [0.5, 0.6) is 11.5 Å². The molecule has 0 bridgehead atoms. The van der Waals surface area contributed by atoms with E-state index >= 15 is 0 Å². The van der Waals surface area contributed by atoms with Crippen LogP contribution < -0.4 is 4.74 Å². The highest BCUT2D eigenvalue weighted by molar-refractivity contribution is 6.31. The first-order valence-electron chi connectivity index (χ1n) is 4.79. The maximum Gasteiger partial charge on any atom is 0.235 e. The lowest BCUT2D eigenvalue weighted by Gasteiger charge is -2.13. The summed E-state index contributed by atoms with van der Waals surface area (Å²) < 4.78 is 4.99. The Balaban J connectivity index is 2.53. The second-order valence-corrected chi connectivity index (χ2v) is 4.15. The van der Waals surface area contributed by atoms with Crippen LogP contribution in [-0.4, -0.2) is 18.3 Å². The van der Waals surface area contributed by atoms with E-state index in [0.717, 1.165) is 12.8 Å². The molecule has 0 unspecified atom stereocenters. The Kier molecular flexibility index (Phi) is 2.62. The molecule has 0 amide bonds. The molecule has 5 heteroatoms. The van der Waals surface area contributed by atoms with Crippen molar-refractivity contribution in [3.05, 3.63) is 22.7 Å². The fraction of sp³-hybridized carbons (Fsp3) is 0.364. The molecule has 1 aliphatic rings. The topological polar surface area (TPSA) is 58.9 Å². The Hall–Kier alpha value is -1.51. The number of nitrogens with zero attached hydrogens (tertiary/aromatic N) is 1. The van der Waals surface area contributed by atoms with Gasteiger partial charge in [-0.15, -0.1) is 0 Å². The Morgan fingerprint density at radius 3 is 2.75 bits per heavy atom. The summed E-state index contributed by atoms with van der Waals surface area (Å²) in [4.78, 5) is 14.1. The third kappa shape index (κ3) is 1.66. The number of hydrogen-bond donors (Lipinski definition) is 1. The smallest absolute Gasteiger partial charge is 0.235 e. The molecule has 1 N–H and O–H groups in total. The molecular weight excluding hydrogens is 230 g/mol. The van der Waals surface area contributed by atoms with E-state index < -0.39 is 5.54 Å². The van der Waals surface area contributed by atoms with Gasteiger partial charge in [0.15, 0.2) is 11.5 Å². The minimum Gasteiger partial charge on any atom is -0.504 e. The third-order valence-electron chi connectivity index (χ3n) is 2.75. The number of phenolic OH excluding ortho intramolecular Hbond substituents is 1. The lowest BCUT2D eigenvalue weighted by Crippen LogP contribution is -2.03. The van der Waals surface area contributed by atoms with Crippen LogP contribution in [0.1, 0.15) is 18.4 Å². The largest absolute Gasteiger partial charge is 0.504 e. The van der Waals surface area contributed by atoms with E-state index in [0.29, 0.717) is 16.3 Å². The number of aliphatic imine (C=N–C) groups is 1. The zero-order valence-electron chi connectivity index (χ0n) is 8.66. The Labute approximate surface area is 97.5 Å². The number of rotatable bonds is 3. The van der Waals surface area contributed by atoms with E-state index in [9.17, 15) is 9.90 Å². The number of isocyanates is 1. The van der Waals surface area contributed by atoms with E-state index in [-0.39, 0.29) is 5.75 Å². The van der Waals surface area contributed by atoms with Gasteiger partial charge in [-0.25, -0.2) is 4.79 Å². The first-order chi connectivity index (χ1) is 7.63. The highest BCUT2D eigenvalue weighted by Gasteiger charge is 2.46. The number of hydrogen-bond acceptors (Lipinski definition) is 4. The van der Waals surface area contributed by atoms with Gasteiger partial charge in [0.1, 0.15) is 0 Å². The van der Waals surface area contributed by atoms with Crippen molar-refractivity contribution in [3.63, 3.8) is 0 Å². The molecule has 0 aliphatic heterocycles. The first-order valence-corrected chi connectivity index (χ1v) is 5.17. The number of carbonyl (C=O) groups excluding carboxylic acids is 1. The summed E-state index contributed by atoms with van der Waals surface area (Å²) in [5.41, 5.74) is 0.145. The summed E-state index contributed by atoms with van der Waals surface area (Å²) in [5.74, 6) is 0.300. The standard InChI is InChI=1S/C11H10ClNO3/c1-16-10-4-7(8(12)5-9(10)15)11(2-3-11)13-6-14/h4-5,15H,2-3H2,1H3. The lowest BCUT2D eigenvalue weighted by atomic mass is 10.0. The summed E-state index contributed by atoms with van der Waals surface area (Å²) in [6, 6.07) is 3.02. The van der Waals surface area contributed by atoms with Crippen molar-refractivity contribution < 1.29 is 14.6 Å². The molecule has 2 rings (SSSR count). The second kappa shape index (κ2) is 3.81. The number of methoxy groups -OCH3 is 1. The van der Waals surface area contributed by atoms with Crippen molar-refractivity contribution in [2.75, 3.05) is 7.11 Å². The molecule has 0 heterocycles. The van der Waals surface area contributed by atoms with Crippen molar-refractivity contribution >= 4 is 17.7 Å². The number of benzene rings is 1. The van der Waals surface area contributed by atoms with Crippen LogP contribution >= 0.6 is 11.6 Å². The molecule has 1 aromatic carbocycles. The Morgan fingerprint density at radius 1 is 1.56 bits per heavy atom. The van der Waals surface area contributed by atoms with Crippen molar-refractivity contribution in [3.8, 4) is 11.5 Å². The predicted molar refractivity (Wildman–Crippen MR) is 58.7 cm³/mol. The van der Waals surface area contributed by atoms with E-state index in [2.05, 4.69) is 4.99 Å². The zero-order valence-corrected chi connectivity index (χ0v) is 9.41. The van der Waals surface area contributed by atoms with Gasteiger partial charge in [-0.1, -0.05) is 11.6 Å². The van der Waals surface area contributed by atoms with Crippen molar-refractivity contribution in [1.29, 1.82) is 0 Å². The molecule has 84 valence electrons. The molecule has 4 nitrogen and oxygen atoms in total. The molecule has 0 aromatic heterocycles. The second-order valence-electron chi connectivity index (χ2n) is 3.74. The van der Waals surface area contributed by atoms with Gasteiger partial charge in [0.05, 0.1) is 17.7 Å². The maximum absolute atomic E-state index is 10.4. The number of halogens is 1. The molecule has 0 atom stereocenters. The van der Waals surface area contributed by atoms with Crippen LogP contribution in [0.15, 0.2) is 17.1 Å². The Morgan fingerprint density at radius 2 is 2.25 bits per heavy atom. The first kappa shape index (κ1) is 11.0. The highest BCUT2D eigenvalue weighted by Crippen LogP contribution is 2.53. The molecular formula is C11H10ClNO3. The van der Waals surface area contributed by atoms with Crippen LogP contribution in [0.2, 0.25) is 5.02 Å². The molecule has 0 spiro atoms. The molecule has 1 saturated carbocycles. The van der Waals surface area contributed by atoms with Crippen molar-refractivity contribution in [2.24, 2.45) is 4.99 Å². The maximum atomic E-state index is 10.4. The molecule has 0 saturated heterocycles. The molecule has 1 aromatic rings. The summed E-state index contributed by atoms with van der Waals surface area (Å²) in [6.07, 6.45) is 3.08. The fourth-order valence-electron chi connectivity index (χ4n) is 1.71. The average Bonchev–Trinajstić information content (AvgIpc) is 2.99. The van der Waals surface area contributed by atoms with Gasteiger partial charge in [0.25, 0.3) is 0 Å². The van der Waals surface area contributed by atoms with E-state index in [1.54, 1.807) is 12.1 Å². The van der Waals surface area contributed by atoms with E-state index in [1.165, 1.54) is 13.2 Å². The van der Waals surface area contributed by atoms with Crippen LogP contribution in [0.25, 0.3) is 0 Å². The molecule has 0 radical (unpaired) electrons. The van der Waals surface area contributed by atoms with Gasteiger partial charge in [0, 0.05) is 11.6 Å². The zero-order chi connectivity index (χ0) is 11.8. The normalized spacial score (nSPS) is 16.4. The summed E-state index contributed by atoms with van der Waals surface area (Å²) in [6.45, 7) is 0.